The van der Waals surface area contributed by atoms with Crippen molar-refractivity contribution < 1.29 is 23.9 Å². The normalized spacial score (nSPS) is 11.5. The van der Waals surface area contributed by atoms with Crippen molar-refractivity contribution in [3.8, 4) is 0 Å². The van der Waals surface area contributed by atoms with Crippen molar-refractivity contribution in [2.24, 2.45) is 5.92 Å². The number of ether oxygens (including phenoxy) is 2. The van der Waals surface area contributed by atoms with Crippen molar-refractivity contribution in [3.05, 3.63) is 71.3 Å². The number of benzene rings is 2. The first-order valence-electron chi connectivity index (χ1n) is 8.58. The van der Waals surface area contributed by atoms with Gasteiger partial charge in [-0.2, -0.15) is 0 Å². The van der Waals surface area contributed by atoms with Crippen LogP contribution in [0.5, 0.6) is 0 Å². The van der Waals surface area contributed by atoms with Crippen molar-refractivity contribution in [2.75, 3.05) is 6.61 Å². The first-order chi connectivity index (χ1) is 12.5. The molecule has 0 heterocycles. The summed E-state index contributed by atoms with van der Waals surface area (Å²) in [6.07, 6.45) is 1.98. The maximum atomic E-state index is 12.0. The van der Waals surface area contributed by atoms with Gasteiger partial charge >= 0.3 is 17.9 Å². The van der Waals surface area contributed by atoms with E-state index in [2.05, 4.69) is 6.92 Å². The van der Waals surface area contributed by atoms with Gasteiger partial charge in [0.05, 0.1) is 17.0 Å². The van der Waals surface area contributed by atoms with Gasteiger partial charge in [-0.05, 0) is 43.2 Å². The van der Waals surface area contributed by atoms with Crippen LogP contribution in [-0.2, 0) is 20.7 Å². The fourth-order valence-electron chi connectivity index (χ4n) is 2.27. The van der Waals surface area contributed by atoms with E-state index in [1.807, 2.05) is 12.1 Å². The van der Waals surface area contributed by atoms with E-state index in [1.165, 1.54) is 6.92 Å². The molecular formula is C21H22O5. The number of esters is 3. The van der Waals surface area contributed by atoms with Crippen molar-refractivity contribution in [3.63, 3.8) is 0 Å². The molecule has 0 N–H and O–H groups in total. The number of rotatable bonds is 7. The second kappa shape index (κ2) is 9.51. The predicted octanol–water partition coefficient (Wildman–Crippen LogP) is 3.82. The number of hydrogen-bond acceptors (Lipinski definition) is 5. The van der Waals surface area contributed by atoms with Crippen LogP contribution >= 0.6 is 0 Å². The van der Waals surface area contributed by atoms with E-state index in [-0.39, 0.29) is 12.2 Å². The summed E-state index contributed by atoms with van der Waals surface area (Å²) in [6.45, 7) is 3.47. The minimum atomic E-state index is -0.744. The second-order valence-corrected chi connectivity index (χ2v) is 6.02. The molecule has 2 aromatic rings. The van der Waals surface area contributed by atoms with Crippen molar-refractivity contribution >= 4 is 17.9 Å². The molecule has 2 rings (SSSR count). The molecule has 26 heavy (non-hydrogen) atoms. The highest BCUT2D eigenvalue weighted by Gasteiger charge is 2.21. The van der Waals surface area contributed by atoms with E-state index >= 15 is 0 Å². The van der Waals surface area contributed by atoms with Crippen LogP contribution in [0.3, 0.4) is 0 Å². The first kappa shape index (κ1) is 19.4. The Morgan fingerprint density at radius 2 is 1.50 bits per heavy atom. The summed E-state index contributed by atoms with van der Waals surface area (Å²) in [6, 6.07) is 15.4. The summed E-state index contributed by atoms with van der Waals surface area (Å²) in [4.78, 5) is 35.9. The highest BCUT2D eigenvalue weighted by atomic mass is 16.6. The molecular weight excluding hydrogens is 332 g/mol. The smallest absolute Gasteiger partial charge is 0.345 e. The van der Waals surface area contributed by atoms with Gasteiger partial charge in [-0.1, -0.05) is 43.7 Å². The molecule has 0 aromatic heterocycles. The zero-order valence-electron chi connectivity index (χ0n) is 14.9. The lowest BCUT2D eigenvalue weighted by molar-refractivity contribution is -0.143. The zero-order valence-corrected chi connectivity index (χ0v) is 14.9. The molecule has 0 saturated carbocycles. The van der Waals surface area contributed by atoms with Crippen LogP contribution in [-0.4, -0.2) is 24.5 Å². The molecule has 5 heteroatoms. The largest absolute Gasteiger partial charge is 0.461 e. The predicted molar refractivity (Wildman–Crippen MR) is 96.7 cm³/mol. The molecule has 0 saturated heterocycles. The van der Waals surface area contributed by atoms with E-state index in [1.54, 1.807) is 42.5 Å². The molecule has 2 aromatic carbocycles. The van der Waals surface area contributed by atoms with Gasteiger partial charge in [0.1, 0.15) is 6.61 Å². The standard InChI is InChI=1S/C21H22O5/c1-3-7-16-10-12-18(13-11-16)20(23)25-14-15(2)19(22)26-21(24)17-8-5-4-6-9-17/h4-6,8-13,15H,3,7,14H2,1-2H3. The SMILES string of the molecule is CCCc1ccc(C(=O)OCC(C)C(=O)OC(=O)c2ccccc2)cc1. The van der Waals surface area contributed by atoms with Gasteiger partial charge in [-0.3, -0.25) is 4.79 Å². The lowest BCUT2D eigenvalue weighted by Crippen LogP contribution is -2.24. The van der Waals surface area contributed by atoms with Crippen LogP contribution in [0, 0.1) is 5.92 Å². The van der Waals surface area contributed by atoms with E-state index in [0.29, 0.717) is 5.56 Å². The van der Waals surface area contributed by atoms with Gasteiger partial charge in [-0.15, -0.1) is 0 Å². The molecule has 0 bridgehead atoms. The van der Waals surface area contributed by atoms with Crippen molar-refractivity contribution in [2.45, 2.75) is 26.7 Å². The number of hydrogen-bond donors (Lipinski definition) is 0. The Morgan fingerprint density at radius 3 is 2.12 bits per heavy atom. The van der Waals surface area contributed by atoms with Crippen LogP contribution in [0.2, 0.25) is 0 Å². The monoisotopic (exact) mass is 354 g/mol. The zero-order chi connectivity index (χ0) is 18.9. The summed E-state index contributed by atoms with van der Waals surface area (Å²) in [5.41, 5.74) is 1.86. The van der Waals surface area contributed by atoms with E-state index in [9.17, 15) is 14.4 Å². The summed E-state index contributed by atoms with van der Waals surface area (Å²) >= 11 is 0. The minimum absolute atomic E-state index is 0.156. The lowest BCUT2D eigenvalue weighted by Gasteiger charge is -2.11. The van der Waals surface area contributed by atoms with Gasteiger partial charge in [0.25, 0.3) is 0 Å². The number of aryl methyl sites for hydroxylation is 1. The van der Waals surface area contributed by atoms with Gasteiger partial charge in [0.2, 0.25) is 0 Å². The van der Waals surface area contributed by atoms with Crippen LogP contribution < -0.4 is 0 Å². The third-order valence-corrected chi connectivity index (χ3v) is 3.80. The van der Waals surface area contributed by atoms with Crippen molar-refractivity contribution in [1.29, 1.82) is 0 Å². The maximum absolute atomic E-state index is 12.0. The average molecular weight is 354 g/mol. The molecule has 0 radical (unpaired) electrons. The third-order valence-electron chi connectivity index (χ3n) is 3.80. The summed E-state index contributed by atoms with van der Waals surface area (Å²) in [5.74, 6) is -2.71. The Balaban J connectivity index is 1.83. The molecule has 1 atom stereocenters. The van der Waals surface area contributed by atoms with Gasteiger partial charge in [0.15, 0.2) is 0 Å². The summed E-state index contributed by atoms with van der Waals surface area (Å²) < 4.78 is 9.96. The molecule has 0 amide bonds. The van der Waals surface area contributed by atoms with Crippen molar-refractivity contribution in [1.82, 2.24) is 0 Å². The molecule has 136 valence electrons. The van der Waals surface area contributed by atoms with E-state index < -0.39 is 23.8 Å². The third kappa shape index (κ3) is 5.55. The Bertz CT molecular complexity index is 750. The Labute approximate surface area is 152 Å². The molecule has 0 aliphatic carbocycles. The minimum Gasteiger partial charge on any atom is -0.461 e. The quantitative estimate of drug-likeness (QED) is 0.558. The maximum Gasteiger partial charge on any atom is 0.345 e. The highest BCUT2D eigenvalue weighted by Crippen LogP contribution is 2.10. The van der Waals surface area contributed by atoms with Gasteiger partial charge < -0.3 is 9.47 Å². The molecule has 1 unspecified atom stereocenters. The molecule has 0 fully saturated rings. The fraction of sp³-hybridized carbons (Fsp3) is 0.286. The van der Waals surface area contributed by atoms with E-state index in [0.717, 1.165) is 18.4 Å². The Kier molecular flexibility index (Phi) is 7.09. The molecule has 5 nitrogen and oxygen atoms in total. The summed E-state index contributed by atoms with van der Waals surface area (Å²) in [7, 11) is 0. The average Bonchev–Trinajstić information content (AvgIpc) is 2.67. The van der Waals surface area contributed by atoms with Crippen LogP contribution in [0.15, 0.2) is 54.6 Å². The van der Waals surface area contributed by atoms with Gasteiger partial charge in [-0.25, -0.2) is 9.59 Å². The second-order valence-electron chi connectivity index (χ2n) is 6.02. The molecule has 0 aliphatic heterocycles. The topological polar surface area (TPSA) is 69.7 Å². The number of carbonyl (C=O) groups excluding carboxylic acids is 3. The first-order valence-corrected chi connectivity index (χ1v) is 8.58. The van der Waals surface area contributed by atoms with E-state index in [4.69, 9.17) is 9.47 Å². The molecule has 0 spiro atoms. The highest BCUT2D eigenvalue weighted by molar-refractivity contribution is 5.97. The van der Waals surface area contributed by atoms with Crippen LogP contribution in [0.25, 0.3) is 0 Å². The molecule has 0 aliphatic rings. The Hall–Kier alpha value is -2.95. The lowest BCUT2D eigenvalue weighted by atomic mass is 10.1. The number of carbonyl (C=O) groups is 3. The van der Waals surface area contributed by atoms with Crippen LogP contribution in [0.4, 0.5) is 0 Å². The van der Waals surface area contributed by atoms with Crippen LogP contribution in [0.1, 0.15) is 46.5 Å². The van der Waals surface area contributed by atoms with Gasteiger partial charge in [0, 0.05) is 0 Å². The summed E-state index contributed by atoms with van der Waals surface area (Å²) in [5, 5.41) is 0. The fourth-order valence-corrected chi connectivity index (χ4v) is 2.27. The Morgan fingerprint density at radius 1 is 0.885 bits per heavy atom.